The van der Waals surface area contributed by atoms with Gasteiger partial charge >= 0.3 is 0 Å². The molecular formula is C15H17FN4O2S. The van der Waals surface area contributed by atoms with E-state index in [9.17, 15) is 12.8 Å². The molecule has 0 saturated heterocycles. The highest BCUT2D eigenvalue weighted by atomic mass is 32.2. The number of imidazole rings is 1. The summed E-state index contributed by atoms with van der Waals surface area (Å²) in [4.78, 5) is 7.17. The van der Waals surface area contributed by atoms with E-state index in [0.717, 1.165) is 5.52 Å². The molecule has 3 rings (SSSR count). The van der Waals surface area contributed by atoms with E-state index in [1.807, 2.05) is 0 Å². The monoisotopic (exact) mass is 336 g/mol. The van der Waals surface area contributed by atoms with Gasteiger partial charge in [-0.1, -0.05) is 0 Å². The van der Waals surface area contributed by atoms with Gasteiger partial charge in [-0.2, -0.15) is 4.31 Å². The zero-order chi connectivity index (χ0) is 16.8. The number of H-pyrrole nitrogens is 1. The fourth-order valence-electron chi connectivity index (χ4n) is 2.38. The first kappa shape index (κ1) is 15.7. The number of nitrogens with zero attached hydrogens (tertiary/aromatic N) is 3. The molecule has 2 aromatic heterocycles. The molecule has 0 unspecified atom stereocenters. The number of sulfonamides is 1. The van der Waals surface area contributed by atoms with Crippen LogP contribution in [0.4, 0.5) is 4.39 Å². The summed E-state index contributed by atoms with van der Waals surface area (Å²) in [6.45, 7) is 1.89. The van der Waals surface area contributed by atoms with Gasteiger partial charge in [0.2, 0.25) is 0 Å². The fraction of sp³-hybridized carbons (Fsp3) is 0.267. The average Bonchev–Trinajstić information content (AvgIpc) is 3.02. The zero-order valence-electron chi connectivity index (χ0n) is 13.0. The minimum absolute atomic E-state index is 0.0159. The second-order valence-electron chi connectivity index (χ2n) is 5.52. The maximum Gasteiger partial charge on any atom is 0.262 e. The van der Waals surface area contributed by atoms with Crippen molar-refractivity contribution in [3.63, 3.8) is 0 Å². The number of rotatable bonds is 4. The van der Waals surface area contributed by atoms with Crippen molar-refractivity contribution in [2.45, 2.75) is 18.5 Å². The molecule has 122 valence electrons. The van der Waals surface area contributed by atoms with E-state index in [-0.39, 0.29) is 17.4 Å². The van der Waals surface area contributed by atoms with Gasteiger partial charge in [0.05, 0.1) is 6.54 Å². The molecule has 0 amide bonds. The number of aryl methyl sites for hydroxylation is 2. The van der Waals surface area contributed by atoms with Crippen LogP contribution < -0.4 is 0 Å². The van der Waals surface area contributed by atoms with Crippen LogP contribution in [0.3, 0.4) is 0 Å². The quantitative estimate of drug-likeness (QED) is 0.794. The number of fused-ring (bicyclic) bond motifs is 1. The Hall–Kier alpha value is -2.19. The molecule has 8 heteroatoms. The first-order valence-corrected chi connectivity index (χ1v) is 8.45. The van der Waals surface area contributed by atoms with Gasteiger partial charge in [-0.3, -0.25) is 0 Å². The molecule has 0 spiro atoms. The molecular weight excluding hydrogens is 319 g/mol. The number of hydrogen-bond donors (Lipinski definition) is 1. The predicted octanol–water partition coefficient (Wildman–Crippen LogP) is 2.17. The number of aromatic amines is 1. The van der Waals surface area contributed by atoms with E-state index in [2.05, 4.69) is 9.97 Å². The molecule has 1 aromatic carbocycles. The lowest BCUT2D eigenvalue weighted by Crippen LogP contribution is -2.27. The standard InChI is InChI=1S/C15H17FN4O2S/c1-10-17-15(9-19(10)2)23(21,22)20(3)8-13-7-11-6-12(16)4-5-14(11)18-13/h4-7,9,18H,8H2,1-3H3. The Morgan fingerprint density at radius 1 is 1.35 bits per heavy atom. The van der Waals surface area contributed by atoms with Crippen molar-refractivity contribution in [2.24, 2.45) is 7.05 Å². The summed E-state index contributed by atoms with van der Waals surface area (Å²) >= 11 is 0. The molecule has 0 atom stereocenters. The van der Waals surface area contributed by atoms with Crippen LogP contribution in [0.25, 0.3) is 10.9 Å². The average molecular weight is 336 g/mol. The van der Waals surface area contributed by atoms with E-state index < -0.39 is 10.0 Å². The highest BCUT2D eigenvalue weighted by molar-refractivity contribution is 7.89. The van der Waals surface area contributed by atoms with E-state index in [0.29, 0.717) is 16.9 Å². The molecule has 3 aromatic rings. The van der Waals surface area contributed by atoms with Gasteiger partial charge in [-0.25, -0.2) is 17.8 Å². The third-order valence-corrected chi connectivity index (χ3v) is 5.47. The van der Waals surface area contributed by atoms with Crippen LogP contribution in [-0.4, -0.2) is 34.3 Å². The maximum absolute atomic E-state index is 13.2. The topological polar surface area (TPSA) is 71.0 Å². The second kappa shape index (κ2) is 5.47. The van der Waals surface area contributed by atoms with Gasteiger partial charge < -0.3 is 9.55 Å². The van der Waals surface area contributed by atoms with Crippen LogP contribution in [0, 0.1) is 12.7 Å². The van der Waals surface area contributed by atoms with Crippen molar-refractivity contribution in [1.82, 2.24) is 18.8 Å². The Kier molecular flexibility index (Phi) is 3.73. The molecule has 23 heavy (non-hydrogen) atoms. The molecule has 0 aliphatic heterocycles. The summed E-state index contributed by atoms with van der Waals surface area (Å²) in [6.07, 6.45) is 1.49. The van der Waals surface area contributed by atoms with Crippen molar-refractivity contribution < 1.29 is 12.8 Å². The van der Waals surface area contributed by atoms with Crippen LogP contribution in [0.1, 0.15) is 11.5 Å². The van der Waals surface area contributed by atoms with Crippen molar-refractivity contribution in [2.75, 3.05) is 7.05 Å². The smallest absolute Gasteiger partial charge is 0.262 e. The van der Waals surface area contributed by atoms with E-state index >= 15 is 0 Å². The maximum atomic E-state index is 13.2. The first-order valence-electron chi connectivity index (χ1n) is 7.01. The van der Waals surface area contributed by atoms with Crippen molar-refractivity contribution in [1.29, 1.82) is 0 Å². The minimum Gasteiger partial charge on any atom is -0.357 e. The number of hydrogen-bond acceptors (Lipinski definition) is 3. The first-order chi connectivity index (χ1) is 10.8. The van der Waals surface area contributed by atoms with Gasteiger partial charge in [0, 0.05) is 36.9 Å². The van der Waals surface area contributed by atoms with Crippen LogP contribution in [0.15, 0.2) is 35.5 Å². The molecule has 0 saturated carbocycles. The van der Waals surface area contributed by atoms with E-state index in [1.165, 1.54) is 29.7 Å². The molecule has 0 aliphatic carbocycles. The Bertz CT molecular complexity index is 955. The van der Waals surface area contributed by atoms with E-state index in [4.69, 9.17) is 0 Å². The number of nitrogens with one attached hydrogen (secondary N) is 1. The Labute approximate surface area is 133 Å². The summed E-state index contributed by atoms with van der Waals surface area (Å²) in [5, 5.41) is 0.724. The molecule has 0 aliphatic rings. The molecule has 1 N–H and O–H groups in total. The molecule has 0 bridgehead atoms. The van der Waals surface area contributed by atoms with Crippen molar-refractivity contribution in [3.8, 4) is 0 Å². The lowest BCUT2D eigenvalue weighted by atomic mass is 10.2. The van der Waals surface area contributed by atoms with Crippen LogP contribution in [0.5, 0.6) is 0 Å². The fourth-order valence-corrected chi connectivity index (χ4v) is 3.55. The van der Waals surface area contributed by atoms with Crippen LogP contribution in [-0.2, 0) is 23.6 Å². The second-order valence-corrected chi connectivity index (χ2v) is 7.52. The number of aromatic nitrogens is 3. The summed E-state index contributed by atoms with van der Waals surface area (Å²) in [5.41, 5.74) is 1.45. The highest BCUT2D eigenvalue weighted by Crippen LogP contribution is 2.20. The molecule has 2 heterocycles. The summed E-state index contributed by atoms with van der Waals surface area (Å²) < 4.78 is 41.2. The Morgan fingerprint density at radius 3 is 2.74 bits per heavy atom. The predicted molar refractivity (Wildman–Crippen MR) is 84.9 cm³/mol. The normalized spacial score (nSPS) is 12.4. The minimum atomic E-state index is -3.68. The lowest BCUT2D eigenvalue weighted by Gasteiger charge is -2.14. The van der Waals surface area contributed by atoms with Gasteiger partial charge in [0.15, 0.2) is 5.03 Å². The van der Waals surface area contributed by atoms with Gasteiger partial charge in [0.1, 0.15) is 11.6 Å². The SMILES string of the molecule is Cc1nc(S(=O)(=O)N(C)Cc2cc3cc(F)ccc3[nH]2)cn1C. The third kappa shape index (κ3) is 2.87. The van der Waals surface area contributed by atoms with Gasteiger partial charge in [0.25, 0.3) is 10.0 Å². The van der Waals surface area contributed by atoms with Gasteiger partial charge in [-0.05, 0) is 31.2 Å². The number of halogens is 1. The van der Waals surface area contributed by atoms with E-state index in [1.54, 1.807) is 30.7 Å². The molecule has 6 nitrogen and oxygen atoms in total. The summed E-state index contributed by atoms with van der Waals surface area (Å²) in [7, 11) is -0.442. The summed E-state index contributed by atoms with van der Waals surface area (Å²) in [5.74, 6) is 0.297. The summed E-state index contributed by atoms with van der Waals surface area (Å²) in [6, 6.07) is 6.14. The zero-order valence-corrected chi connectivity index (χ0v) is 13.9. The molecule has 0 radical (unpaired) electrons. The van der Waals surface area contributed by atoms with Crippen molar-refractivity contribution in [3.05, 3.63) is 47.8 Å². The Morgan fingerprint density at radius 2 is 2.09 bits per heavy atom. The third-order valence-electron chi connectivity index (χ3n) is 3.79. The molecule has 0 fully saturated rings. The van der Waals surface area contributed by atoms with Crippen molar-refractivity contribution >= 4 is 20.9 Å². The van der Waals surface area contributed by atoms with Crippen LogP contribution in [0.2, 0.25) is 0 Å². The lowest BCUT2D eigenvalue weighted by molar-refractivity contribution is 0.460. The van der Waals surface area contributed by atoms with Crippen LogP contribution >= 0.6 is 0 Å². The van der Waals surface area contributed by atoms with Gasteiger partial charge in [-0.15, -0.1) is 0 Å². The highest BCUT2D eigenvalue weighted by Gasteiger charge is 2.24. The number of benzene rings is 1. The largest absolute Gasteiger partial charge is 0.357 e. The Balaban J connectivity index is 1.88.